The Morgan fingerprint density at radius 3 is 2.68 bits per heavy atom. The van der Waals surface area contributed by atoms with Gasteiger partial charge in [0.1, 0.15) is 6.61 Å². The number of aliphatic hydroxyl groups excluding tert-OH is 1. The van der Waals surface area contributed by atoms with Crippen LogP contribution in [0.4, 0.5) is 5.69 Å². The lowest BCUT2D eigenvalue weighted by Gasteiger charge is -2.06. The summed E-state index contributed by atoms with van der Waals surface area (Å²) in [6, 6.07) is 4.80. The van der Waals surface area contributed by atoms with Gasteiger partial charge in [-0.3, -0.25) is 10.1 Å². The quantitative estimate of drug-likeness (QED) is 0.668. The maximum Gasteiger partial charge on any atom is 0.272 e. The third-order valence-corrected chi connectivity index (χ3v) is 2.94. The molecule has 0 saturated carbocycles. The number of aromatic nitrogens is 3. The topological polar surface area (TPSA) is 94.1 Å². The van der Waals surface area contributed by atoms with E-state index < -0.39 is 4.92 Å². The van der Waals surface area contributed by atoms with Crippen molar-refractivity contribution in [2.24, 2.45) is 0 Å². The Kier molecular flexibility index (Phi) is 3.57. The summed E-state index contributed by atoms with van der Waals surface area (Å²) < 4.78 is 1.78. The zero-order valence-corrected chi connectivity index (χ0v) is 10.7. The first kappa shape index (κ1) is 13.2. The van der Waals surface area contributed by atoms with Crippen molar-refractivity contribution in [3.8, 4) is 11.4 Å². The van der Waals surface area contributed by atoms with Crippen LogP contribution in [0.2, 0.25) is 0 Å². The lowest BCUT2D eigenvalue weighted by atomic mass is 10.1. The van der Waals surface area contributed by atoms with Crippen LogP contribution in [-0.2, 0) is 13.2 Å². The SMILES string of the molecule is CCn1c(CO)nnc1-c1ccc([N+](=O)[O-])c(C)c1. The molecule has 0 fully saturated rings. The van der Waals surface area contributed by atoms with E-state index >= 15 is 0 Å². The molecule has 100 valence electrons. The number of benzene rings is 1. The van der Waals surface area contributed by atoms with E-state index in [0.29, 0.717) is 23.8 Å². The number of nitro groups is 1. The lowest BCUT2D eigenvalue weighted by molar-refractivity contribution is -0.385. The molecule has 19 heavy (non-hydrogen) atoms. The minimum atomic E-state index is -0.414. The van der Waals surface area contributed by atoms with Gasteiger partial charge in [-0.05, 0) is 26.0 Å². The van der Waals surface area contributed by atoms with Crippen molar-refractivity contribution < 1.29 is 10.0 Å². The van der Waals surface area contributed by atoms with Gasteiger partial charge in [-0.15, -0.1) is 10.2 Å². The second-order valence-corrected chi connectivity index (χ2v) is 4.10. The Hall–Kier alpha value is -2.28. The molecule has 0 unspecified atom stereocenters. The number of hydrogen-bond acceptors (Lipinski definition) is 5. The first-order chi connectivity index (χ1) is 9.08. The number of aliphatic hydroxyl groups is 1. The van der Waals surface area contributed by atoms with Crippen LogP contribution in [0.1, 0.15) is 18.3 Å². The van der Waals surface area contributed by atoms with Crippen molar-refractivity contribution in [3.05, 3.63) is 39.7 Å². The van der Waals surface area contributed by atoms with E-state index in [-0.39, 0.29) is 12.3 Å². The molecule has 2 rings (SSSR count). The molecule has 2 aromatic rings. The molecule has 0 saturated heterocycles. The molecular weight excluding hydrogens is 248 g/mol. The highest BCUT2D eigenvalue weighted by molar-refractivity contribution is 5.60. The van der Waals surface area contributed by atoms with Gasteiger partial charge in [-0.2, -0.15) is 0 Å². The van der Waals surface area contributed by atoms with Gasteiger partial charge in [-0.25, -0.2) is 0 Å². The summed E-state index contributed by atoms with van der Waals surface area (Å²) in [5.74, 6) is 1.08. The Morgan fingerprint density at radius 2 is 2.16 bits per heavy atom. The van der Waals surface area contributed by atoms with Gasteiger partial charge in [0, 0.05) is 23.7 Å². The van der Waals surface area contributed by atoms with Gasteiger partial charge >= 0.3 is 0 Å². The molecule has 1 aromatic heterocycles. The maximum atomic E-state index is 10.8. The number of rotatable bonds is 4. The molecule has 0 radical (unpaired) electrons. The fraction of sp³-hybridized carbons (Fsp3) is 0.333. The third kappa shape index (κ3) is 2.32. The van der Waals surface area contributed by atoms with Crippen LogP contribution in [0.15, 0.2) is 18.2 Å². The molecule has 1 aromatic carbocycles. The van der Waals surface area contributed by atoms with Gasteiger partial charge in [0.05, 0.1) is 4.92 Å². The highest BCUT2D eigenvalue weighted by Gasteiger charge is 2.15. The number of nitrogens with zero attached hydrogens (tertiary/aromatic N) is 4. The Balaban J connectivity index is 2.51. The van der Waals surface area contributed by atoms with E-state index in [1.54, 1.807) is 23.6 Å². The fourth-order valence-electron chi connectivity index (χ4n) is 2.00. The smallest absolute Gasteiger partial charge is 0.272 e. The standard InChI is InChI=1S/C12H14N4O3/c1-3-15-11(7-17)13-14-12(15)9-4-5-10(16(18)19)8(2)6-9/h4-6,17H,3,7H2,1-2H3. The molecule has 0 bridgehead atoms. The van der Waals surface area contributed by atoms with Gasteiger partial charge in [0.2, 0.25) is 0 Å². The monoisotopic (exact) mass is 262 g/mol. The average molecular weight is 262 g/mol. The lowest BCUT2D eigenvalue weighted by Crippen LogP contribution is -2.03. The van der Waals surface area contributed by atoms with Crippen LogP contribution >= 0.6 is 0 Å². The zero-order chi connectivity index (χ0) is 14.0. The first-order valence-electron chi connectivity index (χ1n) is 5.86. The fourth-order valence-corrected chi connectivity index (χ4v) is 2.00. The van der Waals surface area contributed by atoms with E-state index in [9.17, 15) is 10.1 Å². The van der Waals surface area contributed by atoms with Gasteiger partial charge < -0.3 is 9.67 Å². The van der Waals surface area contributed by atoms with Crippen LogP contribution in [0.5, 0.6) is 0 Å². The highest BCUT2D eigenvalue weighted by atomic mass is 16.6. The van der Waals surface area contributed by atoms with Crippen molar-refractivity contribution in [2.75, 3.05) is 0 Å². The predicted octanol–water partition coefficient (Wildman–Crippen LogP) is 1.67. The van der Waals surface area contributed by atoms with Crippen LogP contribution in [0.3, 0.4) is 0 Å². The van der Waals surface area contributed by atoms with Crippen molar-refractivity contribution in [1.29, 1.82) is 0 Å². The van der Waals surface area contributed by atoms with Crippen LogP contribution in [-0.4, -0.2) is 24.8 Å². The van der Waals surface area contributed by atoms with Gasteiger partial charge in [0.15, 0.2) is 11.6 Å². The molecule has 7 nitrogen and oxygen atoms in total. The molecule has 0 atom stereocenters. The Bertz CT molecular complexity index is 621. The summed E-state index contributed by atoms with van der Waals surface area (Å²) in [5, 5.41) is 27.9. The molecule has 0 aliphatic rings. The summed E-state index contributed by atoms with van der Waals surface area (Å²) in [4.78, 5) is 10.4. The van der Waals surface area contributed by atoms with E-state index in [0.717, 1.165) is 5.56 Å². The van der Waals surface area contributed by atoms with E-state index in [1.165, 1.54) is 6.07 Å². The molecular formula is C12H14N4O3. The van der Waals surface area contributed by atoms with Gasteiger partial charge in [0.25, 0.3) is 5.69 Å². The molecule has 0 aliphatic heterocycles. The van der Waals surface area contributed by atoms with Crippen LogP contribution in [0.25, 0.3) is 11.4 Å². The molecule has 0 aliphatic carbocycles. The van der Waals surface area contributed by atoms with Crippen LogP contribution in [0, 0.1) is 17.0 Å². The number of nitro benzene ring substituents is 1. The van der Waals surface area contributed by atoms with Crippen molar-refractivity contribution in [3.63, 3.8) is 0 Å². The molecule has 1 heterocycles. The van der Waals surface area contributed by atoms with Crippen LogP contribution < -0.4 is 0 Å². The second-order valence-electron chi connectivity index (χ2n) is 4.10. The van der Waals surface area contributed by atoms with Crippen molar-refractivity contribution >= 4 is 5.69 Å². The zero-order valence-electron chi connectivity index (χ0n) is 10.7. The van der Waals surface area contributed by atoms with E-state index in [4.69, 9.17) is 5.11 Å². The first-order valence-corrected chi connectivity index (χ1v) is 5.86. The largest absolute Gasteiger partial charge is 0.388 e. The molecule has 1 N–H and O–H groups in total. The van der Waals surface area contributed by atoms with E-state index in [1.807, 2.05) is 6.92 Å². The van der Waals surface area contributed by atoms with Crippen molar-refractivity contribution in [2.45, 2.75) is 27.0 Å². The van der Waals surface area contributed by atoms with Gasteiger partial charge in [-0.1, -0.05) is 0 Å². The summed E-state index contributed by atoms with van der Waals surface area (Å²) in [7, 11) is 0. The number of aryl methyl sites for hydroxylation is 1. The third-order valence-electron chi connectivity index (χ3n) is 2.94. The molecule has 7 heteroatoms. The molecule has 0 amide bonds. The Morgan fingerprint density at radius 1 is 1.42 bits per heavy atom. The highest BCUT2D eigenvalue weighted by Crippen LogP contribution is 2.25. The minimum absolute atomic E-state index is 0.0775. The number of hydrogen-bond donors (Lipinski definition) is 1. The molecule has 0 spiro atoms. The Labute approximate surface area is 109 Å². The average Bonchev–Trinajstić information content (AvgIpc) is 2.80. The predicted molar refractivity (Wildman–Crippen MR) is 68.4 cm³/mol. The maximum absolute atomic E-state index is 10.8. The minimum Gasteiger partial charge on any atom is -0.388 e. The summed E-state index contributed by atoms with van der Waals surface area (Å²) in [6.07, 6.45) is 0. The summed E-state index contributed by atoms with van der Waals surface area (Å²) >= 11 is 0. The van der Waals surface area contributed by atoms with Crippen molar-refractivity contribution in [1.82, 2.24) is 14.8 Å². The summed E-state index contributed by atoms with van der Waals surface area (Å²) in [6.45, 7) is 4.03. The second kappa shape index (κ2) is 5.15. The van der Waals surface area contributed by atoms with E-state index in [2.05, 4.69) is 10.2 Å². The normalized spacial score (nSPS) is 10.7. The summed E-state index contributed by atoms with van der Waals surface area (Å²) in [5.41, 5.74) is 1.39.